The van der Waals surface area contributed by atoms with Gasteiger partial charge in [-0.3, -0.25) is 4.79 Å². The lowest BCUT2D eigenvalue weighted by atomic mass is 10.0. The van der Waals surface area contributed by atoms with E-state index in [1.165, 1.54) is 116 Å². The Morgan fingerprint density at radius 3 is 1.62 bits per heavy atom. The van der Waals surface area contributed by atoms with Crippen LogP contribution in [0.1, 0.15) is 162 Å². The molecule has 0 saturated heterocycles. The van der Waals surface area contributed by atoms with Crippen molar-refractivity contribution in [1.29, 1.82) is 0 Å². The topological polar surface area (TPSA) is 29.5 Å². The molecule has 0 radical (unpaired) electrons. The third-order valence-corrected chi connectivity index (χ3v) is 7.14. The van der Waals surface area contributed by atoms with Crippen molar-refractivity contribution in [2.24, 2.45) is 0 Å². The van der Waals surface area contributed by atoms with Crippen molar-refractivity contribution in [2.45, 2.75) is 168 Å². The van der Waals surface area contributed by atoms with Crippen LogP contribution in [0.4, 0.5) is 0 Å². The molecule has 1 unspecified atom stereocenters. The van der Waals surface area contributed by atoms with Gasteiger partial charge >= 0.3 is 5.97 Å². The molecule has 0 aliphatic rings. The van der Waals surface area contributed by atoms with E-state index >= 15 is 0 Å². The zero-order chi connectivity index (χ0) is 27.2. The summed E-state index contributed by atoms with van der Waals surface area (Å²) in [5.41, 5.74) is 0. The zero-order valence-electron chi connectivity index (χ0n) is 25.6. The molecule has 0 amide bonds. The fraction of sp³-hybridized carbons (Fsp3) is 0.853. The van der Waals surface area contributed by atoms with E-state index < -0.39 is 0 Å². The molecule has 3 heteroatoms. The van der Waals surface area contributed by atoms with Crippen LogP contribution in [-0.4, -0.2) is 37.6 Å². The Labute approximate surface area is 232 Å². The average Bonchev–Trinajstić information content (AvgIpc) is 2.87. The smallest absolute Gasteiger partial charge is 0.306 e. The van der Waals surface area contributed by atoms with E-state index in [4.69, 9.17) is 4.74 Å². The van der Waals surface area contributed by atoms with Gasteiger partial charge in [0.15, 0.2) is 0 Å². The second-order valence-corrected chi connectivity index (χ2v) is 11.3. The van der Waals surface area contributed by atoms with E-state index in [0.717, 1.165) is 32.2 Å². The summed E-state index contributed by atoms with van der Waals surface area (Å²) in [5, 5.41) is 0. The summed E-state index contributed by atoms with van der Waals surface area (Å²) in [6.45, 7) is 5.48. The number of allylic oxidation sites excluding steroid dienone is 4. The summed E-state index contributed by atoms with van der Waals surface area (Å²) in [6, 6.07) is 0. The fourth-order valence-corrected chi connectivity index (χ4v) is 4.74. The molecule has 0 rings (SSSR count). The minimum absolute atomic E-state index is 0.00911. The molecule has 1 atom stereocenters. The standard InChI is InChI=1S/C34H65NO2/c1-5-7-9-11-13-14-15-16-17-18-19-20-21-23-25-27-30-33(29-26-24-22-12-10-8-6-2)37-34(36)31-28-32-35(3)4/h13-14,16-17,33H,5-12,15,18-32H2,1-4H3. The number of ether oxygens (including phenoxy) is 1. The van der Waals surface area contributed by atoms with E-state index in [2.05, 4.69) is 57.1 Å². The Morgan fingerprint density at radius 1 is 0.622 bits per heavy atom. The van der Waals surface area contributed by atoms with Crippen molar-refractivity contribution in [3.8, 4) is 0 Å². The van der Waals surface area contributed by atoms with Crippen molar-refractivity contribution in [2.75, 3.05) is 20.6 Å². The Balaban J connectivity index is 3.94. The molecule has 37 heavy (non-hydrogen) atoms. The van der Waals surface area contributed by atoms with Gasteiger partial charge in [0.2, 0.25) is 0 Å². The van der Waals surface area contributed by atoms with E-state index in [1.807, 2.05) is 0 Å². The van der Waals surface area contributed by atoms with Crippen molar-refractivity contribution in [1.82, 2.24) is 4.90 Å². The van der Waals surface area contributed by atoms with Gasteiger partial charge in [-0.1, -0.05) is 115 Å². The summed E-state index contributed by atoms with van der Waals surface area (Å²) >= 11 is 0. The number of hydrogen-bond donors (Lipinski definition) is 0. The Morgan fingerprint density at radius 2 is 1.08 bits per heavy atom. The molecule has 0 heterocycles. The van der Waals surface area contributed by atoms with Crippen LogP contribution < -0.4 is 0 Å². The first kappa shape index (κ1) is 35.9. The van der Waals surface area contributed by atoms with Crippen LogP contribution in [0.15, 0.2) is 24.3 Å². The number of rotatable bonds is 28. The van der Waals surface area contributed by atoms with Gasteiger partial charge in [0, 0.05) is 6.42 Å². The molecule has 0 N–H and O–H groups in total. The molecular weight excluding hydrogens is 454 g/mol. The minimum atomic E-state index is 0.00911. The molecule has 3 nitrogen and oxygen atoms in total. The lowest BCUT2D eigenvalue weighted by Gasteiger charge is -2.18. The SMILES string of the molecule is CCCCCC=CCC=CCCCCCCCCC(CCCCCCCCC)OC(=O)CCCN(C)C. The Kier molecular flexibility index (Phi) is 28.6. The van der Waals surface area contributed by atoms with Crippen LogP contribution in [0.25, 0.3) is 0 Å². The molecule has 0 spiro atoms. The van der Waals surface area contributed by atoms with Crippen LogP contribution in [0.5, 0.6) is 0 Å². The highest BCUT2D eigenvalue weighted by Gasteiger charge is 2.14. The number of carbonyl (C=O) groups is 1. The number of esters is 1. The van der Waals surface area contributed by atoms with Gasteiger partial charge in [-0.2, -0.15) is 0 Å². The number of hydrogen-bond acceptors (Lipinski definition) is 3. The van der Waals surface area contributed by atoms with Crippen molar-refractivity contribution in [3.63, 3.8) is 0 Å². The van der Waals surface area contributed by atoms with Crippen LogP contribution in [-0.2, 0) is 9.53 Å². The van der Waals surface area contributed by atoms with E-state index in [1.54, 1.807) is 0 Å². The second-order valence-electron chi connectivity index (χ2n) is 11.3. The average molecular weight is 520 g/mol. The van der Waals surface area contributed by atoms with Crippen LogP contribution in [0, 0.1) is 0 Å². The maximum atomic E-state index is 12.4. The highest BCUT2D eigenvalue weighted by Crippen LogP contribution is 2.18. The second kappa shape index (κ2) is 29.5. The molecule has 218 valence electrons. The third-order valence-electron chi connectivity index (χ3n) is 7.14. The van der Waals surface area contributed by atoms with Gasteiger partial charge in [0.25, 0.3) is 0 Å². The van der Waals surface area contributed by atoms with E-state index in [0.29, 0.717) is 6.42 Å². The Bertz CT molecular complexity index is 526. The summed E-state index contributed by atoms with van der Waals surface area (Å²) in [7, 11) is 4.11. The molecule has 0 fully saturated rings. The summed E-state index contributed by atoms with van der Waals surface area (Å²) in [5.74, 6) is 0.00911. The highest BCUT2D eigenvalue weighted by atomic mass is 16.5. The first-order valence-corrected chi connectivity index (χ1v) is 16.2. The van der Waals surface area contributed by atoms with Gasteiger partial charge in [0.1, 0.15) is 6.10 Å². The fourth-order valence-electron chi connectivity index (χ4n) is 4.74. The quantitative estimate of drug-likeness (QED) is 0.0585. The molecule has 0 saturated carbocycles. The maximum absolute atomic E-state index is 12.4. The Hall–Kier alpha value is -1.09. The molecule has 0 bridgehead atoms. The van der Waals surface area contributed by atoms with Crippen LogP contribution in [0.3, 0.4) is 0 Å². The van der Waals surface area contributed by atoms with E-state index in [9.17, 15) is 4.79 Å². The lowest BCUT2D eigenvalue weighted by molar-refractivity contribution is -0.150. The predicted octanol–water partition coefficient (Wildman–Crippen LogP) is 10.6. The highest BCUT2D eigenvalue weighted by molar-refractivity contribution is 5.69. The van der Waals surface area contributed by atoms with Crippen LogP contribution >= 0.6 is 0 Å². The monoisotopic (exact) mass is 520 g/mol. The number of nitrogens with zero attached hydrogens (tertiary/aromatic N) is 1. The summed E-state index contributed by atoms with van der Waals surface area (Å²) < 4.78 is 5.93. The maximum Gasteiger partial charge on any atom is 0.306 e. The lowest BCUT2D eigenvalue weighted by Crippen LogP contribution is -2.20. The molecule has 0 aliphatic carbocycles. The normalized spacial score (nSPS) is 12.8. The van der Waals surface area contributed by atoms with Gasteiger partial charge in [0.05, 0.1) is 0 Å². The minimum Gasteiger partial charge on any atom is -0.462 e. The van der Waals surface area contributed by atoms with E-state index in [-0.39, 0.29) is 12.1 Å². The summed E-state index contributed by atoms with van der Waals surface area (Å²) in [4.78, 5) is 14.5. The van der Waals surface area contributed by atoms with Gasteiger partial charge < -0.3 is 9.64 Å². The van der Waals surface area contributed by atoms with Gasteiger partial charge in [-0.15, -0.1) is 0 Å². The first-order chi connectivity index (χ1) is 18.1. The number of carbonyl (C=O) groups excluding carboxylic acids is 1. The third kappa shape index (κ3) is 29.3. The number of unbranched alkanes of at least 4 members (excludes halogenated alkanes) is 15. The molecular formula is C34H65NO2. The molecule has 0 aromatic rings. The zero-order valence-corrected chi connectivity index (χ0v) is 25.6. The van der Waals surface area contributed by atoms with Gasteiger partial charge in [-0.25, -0.2) is 0 Å². The predicted molar refractivity (Wildman–Crippen MR) is 164 cm³/mol. The first-order valence-electron chi connectivity index (χ1n) is 16.2. The molecule has 0 aromatic carbocycles. The molecule has 0 aliphatic heterocycles. The largest absolute Gasteiger partial charge is 0.462 e. The van der Waals surface area contributed by atoms with Gasteiger partial charge in [-0.05, 0) is 84.8 Å². The summed E-state index contributed by atoms with van der Waals surface area (Å²) in [6.07, 6.45) is 37.5. The van der Waals surface area contributed by atoms with Crippen molar-refractivity contribution >= 4 is 5.97 Å². The van der Waals surface area contributed by atoms with Crippen molar-refractivity contribution < 1.29 is 9.53 Å². The molecule has 0 aromatic heterocycles. The van der Waals surface area contributed by atoms with Crippen molar-refractivity contribution in [3.05, 3.63) is 24.3 Å². The van der Waals surface area contributed by atoms with Crippen LogP contribution in [0.2, 0.25) is 0 Å².